The second kappa shape index (κ2) is 6.77. The van der Waals surface area contributed by atoms with Crippen molar-refractivity contribution in [2.45, 2.75) is 19.9 Å². The van der Waals surface area contributed by atoms with Gasteiger partial charge in [-0.3, -0.25) is 4.79 Å². The van der Waals surface area contributed by atoms with Crippen molar-refractivity contribution in [1.29, 1.82) is 0 Å². The summed E-state index contributed by atoms with van der Waals surface area (Å²) >= 11 is 1.41. The summed E-state index contributed by atoms with van der Waals surface area (Å²) in [6.45, 7) is 3.67. The number of esters is 1. The third-order valence-corrected chi connectivity index (χ3v) is 1.84. The molecule has 0 saturated carbocycles. The van der Waals surface area contributed by atoms with Crippen LogP contribution in [0.25, 0.3) is 0 Å². The van der Waals surface area contributed by atoms with E-state index >= 15 is 0 Å². The SMILES string of the molecule is CCOC(=O)C(C)NC(=O)CSC. The van der Waals surface area contributed by atoms with Gasteiger partial charge in [-0.15, -0.1) is 0 Å². The van der Waals surface area contributed by atoms with Crippen molar-refractivity contribution in [3.8, 4) is 0 Å². The van der Waals surface area contributed by atoms with Gasteiger partial charge >= 0.3 is 5.97 Å². The number of hydrogen-bond donors (Lipinski definition) is 1. The molecule has 13 heavy (non-hydrogen) atoms. The number of rotatable bonds is 5. The highest BCUT2D eigenvalue weighted by Gasteiger charge is 2.15. The average molecular weight is 205 g/mol. The zero-order chi connectivity index (χ0) is 10.3. The van der Waals surface area contributed by atoms with Gasteiger partial charge in [0.1, 0.15) is 6.04 Å². The monoisotopic (exact) mass is 205 g/mol. The molecule has 76 valence electrons. The van der Waals surface area contributed by atoms with Gasteiger partial charge in [-0.1, -0.05) is 0 Å². The van der Waals surface area contributed by atoms with Gasteiger partial charge in [0.2, 0.25) is 5.91 Å². The Morgan fingerprint density at radius 3 is 2.62 bits per heavy atom. The van der Waals surface area contributed by atoms with Crippen molar-refractivity contribution >= 4 is 23.6 Å². The lowest BCUT2D eigenvalue weighted by Gasteiger charge is -2.11. The molecule has 0 saturated heterocycles. The maximum absolute atomic E-state index is 11.0. The average Bonchev–Trinajstić information content (AvgIpc) is 2.05. The van der Waals surface area contributed by atoms with Crippen LogP contribution in [0.2, 0.25) is 0 Å². The molecule has 0 radical (unpaired) electrons. The third-order valence-electron chi connectivity index (χ3n) is 1.29. The van der Waals surface area contributed by atoms with E-state index in [0.29, 0.717) is 12.4 Å². The topological polar surface area (TPSA) is 55.4 Å². The summed E-state index contributed by atoms with van der Waals surface area (Å²) in [4.78, 5) is 22.1. The van der Waals surface area contributed by atoms with Crippen LogP contribution in [0.4, 0.5) is 0 Å². The van der Waals surface area contributed by atoms with Crippen molar-refractivity contribution in [2.75, 3.05) is 18.6 Å². The molecule has 1 amide bonds. The van der Waals surface area contributed by atoms with E-state index < -0.39 is 12.0 Å². The van der Waals surface area contributed by atoms with Gasteiger partial charge in [-0.25, -0.2) is 4.79 Å². The molecule has 0 spiro atoms. The number of nitrogens with one attached hydrogen (secondary N) is 1. The minimum atomic E-state index is -0.556. The summed E-state index contributed by atoms with van der Waals surface area (Å²) in [5.41, 5.74) is 0. The van der Waals surface area contributed by atoms with Crippen molar-refractivity contribution in [3.05, 3.63) is 0 Å². The van der Waals surface area contributed by atoms with Gasteiger partial charge in [0.25, 0.3) is 0 Å². The van der Waals surface area contributed by atoms with Crippen molar-refractivity contribution < 1.29 is 14.3 Å². The van der Waals surface area contributed by atoms with Gasteiger partial charge < -0.3 is 10.1 Å². The Balaban J connectivity index is 3.78. The number of amides is 1. The Morgan fingerprint density at radius 2 is 2.15 bits per heavy atom. The molecule has 0 fully saturated rings. The number of hydrogen-bond acceptors (Lipinski definition) is 4. The number of ether oxygens (including phenoxy) is 1. The lowest BCUT2D eigenvalue weighted by atomic mass is 10.3. The lowest BCUT2D eigenvalue weighted by Crippen LogP contribution is -2.40. The molecule has 1 atom stereocenters. The molecule has 0 aromatic rings. The van der Waals surface area contributed by atoms with Crippen LogP contribution in [0.1, 0.15) is 13.8 Å². The summed E-state index contributed by atoms with van der Waals surface area (Å²) in [7, 11) is 0. The predicted octanol–water partition coefficient (Wildman–Crippen LogP) is 0.417. The molecule has 0 aliphatic rings. The van der Waals surface area contributed by atoms with Crippen LogP contribution in [-0.2, 0) is 14.3 Å². The van der Waals surface area contributed by atoms with Crippen molar-refractivity contribution in [1.82, 2.24) is 5.32 Å². The molecule has 0 bridgehead atoms. The Bertz CT molecular complexity index is 184. The molecule has 5 heteroatoms. The van der Waals surface area contributed by atoms with E-state index in [0.717, 1.165) is 0 Å². The first-order chi connectivity index (χ1) is 6.11. The van der Waals surface area contributed by atoms with E-state index in [4.69, 9.17) is 4.74 Å². The van der Waals surface area contributed by atoms with Gasteiger partial charge in [-0.2, -0.15) is 11.8 Å². The quantitative estimate of drug-likeness (QED) is 0.661. The molecule has 0 heterocycles. The zero-order valence-electron chi connectivity index (χ0n) is 8.12. The van der Waals surface area contributed by atoms with E-state index in [2.05, 4.69) is 5.32 Å². The fourth-order valence-corrected chi connectivity index (χ4v) is 1.09. The fraction of sp³-hybridized carbons (Fsp3) is 0.750. The van der Waals surface area contributed by atoms with Crippen LogP contribution in [-0.4, -0.2) is 36.5 Å². The first-order valence-electron chi connectivity index (χ1n) is 4.06. The molecule has 1 N–H and O–H groups in total. The normalized spacial score (nSPS) is 11.9. The largest absolute Gasteiger partial charge is 0.464 e. The van der Waals surface area contributed by atoms with Crippen LogP contribution in [0.15, 0.2) is 0 Å². The first kappa shape index (κ1) is 12.3. The molecule has 0 aliphatic heterocycles. The molecule has 1 unspecified atom stereocenters. The molecule has 0 aliphatic carbocycles. The number of thioether (sulfide) groups is 1. The Hall–Kier alpha value is -0.710. The molecule has 0 aromatic carbocycles. The number of carbonyl (C=O) groups is 2. The standard InChI is InChI=1S/C8H15NO3S/c1-4-12-8(11)6(2)9-7(10)5-13-3/h6H,4-5H2,1-3H3,(H,9,10). The van der Waals surface area contributed by atoms with Crippen LogP contribution >= 0.6 is 11.8 Å². The van der Waals surface area contributed by atoms with E-state index in [9.17, 15) is 9.59 Å². The summed E-state index contributed by atoms with van der Waals surface area (Å²) < 4.78 is 4.72. The van der Waals surface area contributed by atoms with Gasteiger partial charge in [0.15, 0.2) is 0 Å². The number of carbonyl (C=O) groups excluding carboxylic acids is 2. The Labute approximate surface area is 82.4 Å². The Kier molecular flexibility index (Phi) is 6.40. The molecular weight excluding hydrogens is 190 g/mol. The maximum atomic E-state index is 11.0. The van der Waals surface area contributed by atoms with E-state index in [1.165, 1.54) is 11.8 Å². The maximum Gasteiger partial charge on any atom is 0.328 e. The lowest BCUT2D eigenvalue weighted by molar-refractivity contribution is -0.146. The molecule has 0 aromatic heterocycles. The highest BCUT2D eigenvalue weighted by atomic mass is 32.2. The van der Waals surface area contributed by atoms with Gasteiger partial charge in [-0.05, 0) is 20.1 Å². The predicted molar refractivity (Wildman–Crippen MR) is 52.6 cm³/mol. The fourth-order valence-electron chi connectivity index (χ4n) is 0.740. The highest BCUT2D eigenvalue weighted by molar-refractivity contribution is 7.99. The Morgan fingerprint density at radius 1 is 1.54 bits per heavy atom. The van der Waals surface area contributed by atoms with E-state index in [1.54, 1.807) is 13.8 Å². The summed E-state index contributed by atoms with van der Waals surface area (Å²) in [6, 6.07) is -0.556. The summed E-state index contributed by atoms with van der Waals surface area (Å²) in [6.07, 6.45) is 1.83. The second-order valence-corrected chi connectivity index (χ2v) is 3.34. The smallest absolute Gasteiger partial charge is 0.328 e. The van der Waals surface area contributed by atoms with Crippen LogP contribution in [0.5, 0.6) is 0 Å². The van der Waals surface area contributed by atoms with E-state index in [-0.39, 0.29) is 5.91 Å². The molecule has 0 rings (SSSR count). The first-order valence-corrected chi connectivity index (χ1v) is 5.46. The van der Waals surface area contributed by atoms with Crippen LogP contribution < -0.4 is 5.32 Å². The minimum Gasteiger partial charge on any atom is -0.464 e. The summed E-state index contributed by atoms with van der Waals surface area (Å²) in [5, 5.41) is 2.53. The molecule has 4 nitrogen and oxygen atoms in total. The zero-order valence-corrected chi connectivity index (χ0v) is 8.94. The highest BCUT2D eigenvalue weighted by Crippen LogP contribution is 1.92. The van der Waals surface area contributed by atoms with Crippen molar-refractivity contribution in [3.63, 3.8) is 0 Å². The van der Waals surface area contributed by atoms with Crippen LogP contribution in [0, 0.1) is 0 Å². The van der Waals surface area contributed by atoms with Gasteiger partial charge in [0, 0.05) is 0 Å². The molecular formula is C8H15NO3S. The second-order valence-electron chi connectivity index (χ2n) is 2.47. The van der Waals surface area contributed by atoms with Gasteiger partial charge in [0.05, 0.1) is 12.4 Å². The minimum absolute atomic E-state index is 0.145. The van der Waals surface area contributed by atoms with Crippen molar-refractivity contribution in [2.24, 2.45) is 0 Å². The summed E-state index contributed by atoms with van der Waals surface area (Å²) in [5.74, 6) is -0.172. The third kappa shape index (κ3) is 5.52. The van der Waals surface area contributed by atoms with Crippen LogP contribution in [0.3, 0.4) is 0 Å². The van der Waals surface area contributed by atoms with E-state index in [1.807, 2.05) is 6.26 Å².